The van der Waals surface area contributed by atoms with Gasteiger partial charge in [0.25, 0.3) is 5.91 Å². The molecule has 0 aromatic carbocycles. The van der Waals surface area contributed by atoms with Crippen LogP contribution in [0, 0.1) is 11.3 Å². The maximum atomic E-state index is 11.7. The largest absolute Gasteiger partial charge is 0.396 e. The maximum Gasteiger partial charge on any atom is 0.263 e. The van der Waals surface area contributed by atoms with Gasteiger partial charge in [-0.05, 0) is 7.05 Å². The number of nitrogens with one attached hydrogen (secondary N) is 1. The van der Waals surface area contributed by atoms with Crippen molar-refractivity contribution in [3.63, 3.8) is 0 Å². The number of hydrogen-bond donors (Lipinski definition) is 2. The minimum Gasteiger partial charge on any atom is -0.396 e. The summed E-state index contributed by atoms with van der Waals surface area (Å²) in [6.07, 6.45) is 0. The Hall–Kier alpha value is -1.78. The Bertz CT molecular complexity index is 525. The van der Waals surface area contributed by atoms with Crippen LogP contribution in [-0.4, -0.2) is 51.1 Å². The Kier molecular flexibility index (Phi) is 3.93. The second-order valence-electron chi connectivity index (χ2n) is 4.51. The Morgan fingerprint density at radius 2 is 2.05 bits per heavy atom. The average Bonchev–Trinajstić information content (AvgIpc) is 2.75. The first-order valence-corrected chi connectivity index (χ1v) is 6.88. The van der Waals surface area contributed by atoms with E-state index in [0.29, 0.717) is 16.1 Å². The Morgan fingerprint density at radius 1 is 1.42 bits per heavy atom. The molecular weight excluding hydrogens is 262 g/mol. The van der Waals surface area contributed by atoms with Crippen molar-refractivity contribution < 1.29 is 4.79 Å². The number of amides is 1. The molecule has 7 heteroatoms. The molecule has 0 unspecified atom stereocenters. The van der Waals surface area contributed by atoms with E-state index in [-0.39, 0.29) is 5.91 Å². The Balaban J connectivity index is 2.35. The predicted molar refractivity (Wildman–Crippen MR) is 76.5 cm³/mol. The standard InChI is InChI=1S/C12H17N5OS/c1-15-11(18)10-9(14)8(7-13)12(19-10)17-5-3-16(2)4-6-17/h3-6,14H2,1-2H3,(H,15,18). The van der Waals surface area contributed by atoms with Crippen LogP contribution >= 0.6 is 11.3 Å². The van der Waals surface area contributed by atoms with Crippen LogP contribution in [0.5, 0.6) is 0 Å². The number of carbonyl (C=O) groups excluding carboxylic acids is 1. The predicted octanol–water partition coefficient (Wildman–Crippen LogP) is 0.313. The number of nitrogens with zero attached hydrogens (tertiary/aromatic N) is 3. The van der Waals surface area contributed by atoms with Crippen molar-refractivity contribution in [2.75, 3.05) is 50.9 Å². The molecule has 1 aliphatic rings. The van der Waals surface area contributed by atoms with Crippen molar-refractivity contribution in [2.45, 2.75) is 0 Å². The van der Waals surface area contributed by atoms with Crippen LogP contribution in [0.1, 0.15) is 15.2 Å². The first-order chi connectivity index (χ1) is 9.08. The van der Waals surface area contributed by atoms with Gasteiger partial charge in [0.1, 0.15) is 21.5 Å². The van der Waals surface area contributed by atoms with Crippen LogP contribution in [0.15, 0.2) is 0 Å². The summed E-state index contributed by atoms with van der Waals surface area (Å²) in [5.74, 6) is -0.237. The highest BCUT2D eigenvalue weighted by Gasteiger charge is 2.25. The molecular formula is C12H17N5OS. The number of hydrogen-bond acceptors (Lipinski definition) is 6. The average molecular weight is 279 g/mol. The second kappa shape index (κ2) is 5.47. The highest BCUT2D eigenvalue weighted by molar-refractivity contribution is 7.19. The molecule has 102 valence electrons. The molecule has 3 N–H and O–H groups in total. The summed E-state index contributed by atoms with van der Waals surface area (Å²) < 4.78 is 0. The lowest BCUT2D eigenvalue weighted by atomic mass is 10.2. The highest BCUT2D eigenvalue weighted by atomic mass is 32.1. The number of nitrogen functional groups attached to an aromatic ring is 1. The third-order valence-corrected chi connectivity index (χ3v) is 4.53. The van der Waals surface area contributed by atoms with Gasteiger partial charge in [-0.2, -0.15) is 5.26 Å². The third kappa shape index (κ3) is 2.50. The molecule has 0 aliphatic carbocycles. The van der Waals surface area contributed by atoms with Crippen LogP contribution in [0.3, 0.4) is 0 Å². The van der Waals surface area contributed by atoms with Gasteiger partial charge in [-0.25, -0.2) is 0 Å². The minimum atomic E-state index is -0.237. The number of thiophene rings is 1. The number of nitriles is 1. The fraction of sp³-hybridized carbons (Fsp3) is 0.500. The van der Waals surface area contributed by atoms with E-state index in [1.807, 2.05) is 0 Å². The second-order valence-corrected chi connectivity index (χ2v) is 5.51. The van der Waals surface area contributed by atoms with E-state index in [4.69, 9.17) is 5.73 Å². The molecule has 1 aromatic rings. The molecule has 0 spiro atoms. The molecule has 2 heterocycles. The topological polar surface area (TPSA) is 85.4 Å². The summed E-state index contributed by atoms with van der Waals surface area (Å²) in [6.45, 7) is 3.58. The van der Waals surface area contributed by atoms with Crippen LogP contribution in [0.4, 0.5) is 10.7 Å². The number of anilines is 2. The molecule has 1 aliphatic heterocycles. The zero-order valence-electron chi connectivity index (χ0n) is 11.1. The van der Waals surface area contributed by atoms with E-state index in [1.54, 1.807) is 7.05 Å². The number of carbonyl (C=O) groups is 1. The van der Waals surface area contributed by atoms with Gasteiger partial charge in [0.2, 0.25) is 0 Å². The third-order valence-electron chi connectivity index (χ3n) is 3.26. The van der Waals surface area contributed by atoms with Gasteiger partial charge in [0.15, 0.2) is 0 Å². The molecule has 1 fully saturated rings. The molecule has 1 aromatic heterocycles. The van der Waals surface area contributed by atoms with Crippen LogP contribution in [0.25, 0.3) is 0 Å². The summed E-state index contributed by atoms with van der Waals surface area (Å²) in [5, 5.41) is 12.6. The summed E-state index contributed by atoms with van der Waals surface area (Å²) >= 11 is 1.30. The van der Waals surface area contributed by atoms with Gasteiger partial charge < -0.3 is 20.9 Å². The molecule has 0 radical (unpaired) electrons. The van der Waals surface area contributed by atoms with E-state index in [2.05, 4.69) is 28.2 Å². The summed E-state index contributed by atoms with van der Waals surface area (Å²) in [4.78, 5) is 16.5. The minimum absolute atomic E-state index is 0.237. The zero-order chi connectivity index (χ0) is 14.0. The monoisotopic (exact) mass is 279 g/mol. The summed E-state index contributed by atoms with van der Waals surface area (Å²) in [7, 11) is 3.63. The number of rotatable bonds is 2. The molecule has 1 amide bonds. The number of likely N-dealkylation sites (N-methyl/N-ethyl adjacent to an activating group) is 1. The van der Waals surface area contributed by atoms with Crippen molar-refractivity contribution in [3.8, 4) is 6.07 Å². The van der Waals surface area contributed by atoms with Gasteiger partial charge in [-0.3, -0.25) is 4.79 Å². The molecule has 19 heavy (non-hydrogen) atoms. The van der Waals surface area contributed by atoms with E-state index < -0.39 is 0 Å². The highest BCUT2D eigenvalue weighted by Crippen LogP contribution is 2.38. The fourth-order valence-electron chi connectivity index (χ4n) is 2.05. The normalized spacial score (nSPS) is 16.2. The van der Waals surface area contributed by atoms with E-state index >= 15 is 0 Å². The lowest BCUT2D eigenvalue weighted by molar-refractivity contribution is 0.0968. The van der Waals surface area contributed by atoms with Crippen molar-refractivity contribution >= 4 is 27.9 Å². The van der Waals surface area contributed by atoms with Crippen LogP contribution in [-0.2, 0) is 0 Å². The lowest BCUT2D eigenvalue weighted by Gasteiger charge is -2.33. The zero-order valence-corrected chi connectivity index (χ0v) is 11.9. The van der Waals surface area contributed by atoms with Crippen molar-refractivity contribution in [1.82, 2.24) is 10.2 Å². The van der Waals surface area contributed by atoms with E-state index in [1.165, 1.54) is 11.3 Å². The van der Waals surface area contributed by atoms with Crippen molar-refractivity contribution in [1.29, 1.82) is 5.26 Å². The Labute approximate surface area is 116 Å². The van der Waals surface area contributed by atoms with Gasteiger partial charge in [0, 0.05) is 33.2 Å². The molecule has 0 atom stereocenters. The smallest absolute Gasteiger partial charge is 0.263 e. The van der Waals surface area contributed by atoms with Gasteiger partial charge in [0.05, 0.1) is 5.69 Å². The number of piperazine rings is 1. The van der Waals surface area contributed by atoms with Crippen LogP contribution in [0.2, 0.25) is 0 Å². The van der Waals surface area contributed by atoms with Gasteiger partial charge >= 0.3 is 0 Å². The van der Waals surface area contributed by atoms with E-state index in [9.17, 15) is 10.1 Å². The fourth-order valence-corrected chi connectivity index (χ4v) is 3.22. The van der Waals surface area contributed by atoms with E-state index in [0.717, 1.165) is 31.2 Å². The first kappa shape index (κ1) is 13.6. The molecule has 0 saturated carbocycles. The quantitative estimate of drug-likeness (QED) is 0.814. The van der Waals surface area contributed by atoms with Gasteiger partial charge in [-0.15, -0.1) is 11.3 Å². The molecule has 2 rings (SSSR count). The van der Waals surface area contributed by atoms with Crippen LogP contribution < -0.4 is 16.0 Å². The summed E-state index contributed by atoms with van der Waals surface area (Å²) in [6, 6.07) is 2.12. The van der Waals surface area contributed by atoms with Crippen molar-refractivity contribution in [3.05, 3.63) is 10.4 Å². The van der Waals surface area contributed by atoms with Crippen molar-refractivity contribution in [2.24, 2.45) is 0 Å². The molecule has 1 saturated heterocycles. The Morgan fingerprint density at radius 3 is 2.58 bits per heavy atom. The number of nitrogens with two attached hydrogens (primary N) is 1. The SMILES string of the molecule is CNC(=O)c1sc(N2CCN(C)CC2)c(C#N)c1N. The van der Waals surface area contributed by atoms with Gasteiger partial charge in [-0.1, -0.05) is 0 Å². The maximum absolute atomic E-state index is 11.7. The summed E-state index contributed by atoms with van der Waals surface area (Å²) in [5.41, 5.74) is 6.63. The first-order valence-electron chi connectivity index (χ1n) is 6.06. The lowest BCUT2D eigenvalue weighted by Crippen LogP contribution is -2.44. The molecule has 6 nitrogen and oxygen atoms in total. The molecule has 0 bridgehead atoms.